The van der Waals surface area contributed by atoms with Gasteiger partial charge in [0, 0.05) is 17.5 Å². The Morgan fingerprint density at radius 3 is 2.42 bits per heavy atom. The number of pyridine rings is 1. The summed E-state index contributed by atoms with van der Waals surface area (Å²) in [6.45, 7) is 3.86. The number of nitrogens with zero attached hydrogens (tertiary/aromatic N) is 3. The molecule has 5 aromatic rings. The van der Waals surface area contributed by atoms with E-state index in [2.05, 4.69) is 16.4 Å². The largest absolute Gasteiger partial charge is 0.416 e. The highest BCUT2D eigenvalue weighted by molar-refractivity contribution is 5.88. The van der Waals surface area contributed by atoms with Crippen LogP contribution in [-0.2, 0) is 6.18 Å². The maximum absolute atomic E-state index is 13.9. The summed E-state index contributed by atoms with van der Waals surface area (Å²) in [7, 11) is 0. The second-order valence-corrected chi connectivity index (χ2v) is 8.51. The molecule has 3 aromatic carbocycles. The van der Waals surface area contributed by atoms with Crippen LogP contribution in [0.15, 0.2) is 71.5 Å². The molecule has 0 aliphatic heterocycles. The second kappa shape index (κ2) is 8.54. The van der Waals surface area contributed by atoms with Gasteiger partial charge in [-0.3, -0.25) is 9.20 Å². The number of hydrogen-bond acceptors (Lipinski definition) is 4. The summed E-state index contributed by atoms with van der Waals surface area (Å²) in [6.07, 6.45) is -3.15. The number of benzene rings is 3. The van der Waals surface area contributed by atoms with Gasteiger partial charge in [0.2, 0.25) is 0 Å². The number of halogens is 3. The highest BCUT2D eigenvalue weighted by atomic mass is 19.4. The molecular formula is C28H19F3N4O. The maximum Gasteiger partial charge on any atom is 0.416 e. The molecule has 0 saturated carbocycles. The zero-order chi connectivity index (χ0) is 25.6. The van der Waals surface area contributed by atoms with Gasteiger partial charge in [-0.1, -0.05) is 36.4 Å². The lowest BCUT2D eigenvalue weighted by atomic mass is 9.99. The molecule has 0 radical (unpaired) electrons. The smallest absolute Gasteiger partial charge is 0.361 e. The first kappa shape index (κ1) is 23.1. The molecule has 0 atom stereocenters. The van der Waals surface area contributed by atoms with E-state index in [1.807, 2.05) is 32.0 Å². The molecule has 0 amide bonds. The van der Waals surface area contributed by atoms with E-state index in [-0.39, 0.29) is 22.1 Å². The molecule has 5 rings (SSSR count). The number of imidazole rings is 1. The molecule has 1 N–H and O–H groups in total. The van der Waals surface area contributed by atoms with Crippen molar-refractivity contribution >= 4 is 28.6 Å². The van der Waals surface area contributed by atoms with Crippen LogP contribution < -0.4 is 16.1 Å². The zero-order valence-corrected chi connectivity index (χ0v) is 19.3. The molecule has 36 heavy (non-hydrogen) atoms. The third-order valence-corrected chi connectivity index (χ3v) is 6.19. The molecule has 5 nitrogen and oxygen atoms in total. The number of rotatable bonds is 3. The van der Waals surface area contributed by atoms with Crippen molar-refractivity contribution in [1.82, 2.24) is 9.38 Å². The second-order valence-electron chi connectivity index (χ2n) is 8.51. The Morgan fingerprint density at radius 2 is 1.72 bits per heavy atom. The van der Waals surface area contributed by atoms with Crippen LogP contribution in [-0.4, -0.2) is 9.38 Å². The van der Waals surface area contributed by atoms with Crippen LogP contribution in [0.3, 0.4) is 0 Å². The van der Waals surface area contributed by atoms with Crippen molar-refractivity contribution in [3.63, 3.8) is 0 Å². The van der Waals surface area contributed by atoms with Gasteiger partial charge in [0.15, 0.2) is 5.65 Å². The number of nitriles is 1. The van der Waals surface area contributed by atoms with Crippen LogP contribution in [0.25, 0.3) is 34.0 Å². The lowest BCUT2D eigenvalue weighted by molar-refractivity contribution is -0.137. The number of aryl methyl sites for hydroxylation is 2. The van der Waals surface area contributed by atoms with E-state index < -0.39 is 17.3 Å². The summed E-state index contributed by atoms with van der Waals surface area (Å²) in [5.41, 5.74) is 3.41. The Balaban J connectivity index is 1.86. The molecule has 2 heterocycles. The van der Waals surface area contributed by atoms with Crippen molar-refractivity contribution < 1.29 is 13.2 Å². The van der Waals surface area contributed by atoms with E-state index in [9.17, 15) is 23.2 Å². The summed E-state index contributed by atoms with van der Waals surface area (Å²) in [6, 6.07) is 19.5. The Morgan fingerprint density at radius 1 is 1.00 bits per heavy atom. The standard InChI is InChI=1S/C28H19F3N4O/c1-16-11-23-24(12-17(16)2)35-26(34-23)21(14-32)25(18-7-4-3-5-8-18)22(27(35)36)15-33-20-10-6-9-19(13-20)28(29,30)31/h3-13,15,33H,1-2H3/b22-15-. The summed E-state index contributed by atoms with van der Waals surface area (Å²) in [4.78, 5) is 18.5. The maximum atomic E-state index is 13.9. The van der Waals surface area contributed by atoms with Gasteiger partial charge in [0.05, 0.1) is 21.8 Å². The topological polar surface area (TPSA) is 70.2 Å². The van der Waals surface area contributed by atoms with Crippen molar-refractivity contribution in [3.8, 4) is 17.2 Å². The highest BCUT2D eigenvalue weighted by Crippen LogP contribution is 2.31. The third-order valence-electron chi connectivity index (χ3n) is 6.19. The normalized spacial score (nSPS) is 12.3. The quantitative estimate of drug-likeness (QED) is 0.362. The first-order chi connectivity index (χ1) is 17.2. The third kappa shape index (κ3) is 3.85. The minimum atomic E-state index is -4.50. The summed E-state index contributed by atoms with van der Waals surface area (Å²) < 4.78 is 41.0. The zero-order valence-electron chi connectivity index (χ0n) is 19.3. The lowest BCUT2D eigenvalue weighted by Gasteiger charge is -2.10. The minimum Gasteiger partial charge on any atom is -0.361 e. The van der Waals surface area contributed by atoms with Crippen LogP contribution in [0.4, 0.5) is 18.9 Å². The van der Waals surface area contributed by atoms with Gasteiger partial charge < -0.3 is 5.32 Å². The Kier molecular flexibility index (Phi) is 5.48. The SMILES string of the molecule is Cc1cc2nc3c(C#N)c(-c4ccccc4)/c(=C/Nc4cccc(C(F)(F)F)c4)c(=O)n3c2cc1C. The fraction of sp³-hybridized carbons (Fsp3) is 0.107. The Hall–Kier alpha value is -4.64. The van der Waals surface area contributed by atoms with E-state index in [4.69, 9.17) is 0 Å². The molecule has 0 spiro atoms. The van der Waals surface area contributed by atoms with Gasteiger partial charge in [0.25, 0.3) is 5.56 Å². The molecule has 0 unspecified atom stereocenters. The van der Waals surface area contributed by atoms with Crippen LogP contribution in [0, 0.1) is 25.2 Å². The van der Waals surface area contributed by atoms with Gasteiger partial charge in [-0.15, -0.1) is 0 Å². The van der Waals surface area contributed by atoms with Gasteiger partial charge in [0.1, 0.15) is 11.6 Å². The van der Waals surface area contributed by atoms with Crippen LogP contribution in [0.2, 0.25) is 0 Å². The van der Waals surface area contributed by atoms with Crippen LogP contribution in [0.1, 0.15) is 22.3 Å². The number of anilines is 1. The molecule has 178 valence electrons. The Bertz CT molecular complexity index is 1800. The van der Waals surface area contributed by atoms with Crippen molar-refractivity contribution in [2.75, 3.05) is 5.32 Å². The van der Waals surface area contributed by atoms with Crippen molar-refractivity contribution in [2.45, 2.75) is 20.0 Å². The van der Waals surface area contributed by atoms with Crippen molar-refractivity contribution in [2.24, 2.45) is 0 Å². The van der Waals surface area contributed by atoms with Crippen LogP contribution in [0.5, 0.6) is 0 Å². The summed E-state index contributed by atoms with van der Waals surface area (Å²) in [5.74, 6) is 0. The van der Waals surface area contributed by atoms with E-state index in [0.717, 1.165) is 23.3 Å². The van der Waals surface area contributed by atoms with Gasteiger partial charge >= 0.3 is 6.18 Å². The average Bonchev–Trinajstić information content (AvgIpc) is 3.22. The fourth-order valence-electron chi connectivity index (χ4n) is 4.26. The molecule has 0 bridgehead atoms. The molecular weight excluding hydrogens is 465 g/mol. The van der Waals surface area contributed by atoms with Gasteiger partial charge in [-0.05, 0) is 60.9 Å². The molecule has 8 heteroatoms. The van der Waals surface area contributed by atoms with Gasteiger partial charge in [-0.2, -0.15) is 18.4 Å². The van der Waals surface area contributed by atoms with E-state index in [1.54, 1.807) is 24.3 Å². The summed E-state index contributed by atoms with van der Waals surface area (Å²) in [5, 5.41) is 13.1. The highest BCUT2D eigenvalue weighted by Gasteiger charge is 2.30. The van der Waals surface area contributed by atoms with E-state index in [1.165, 1.54) is 22.7 Å². The predicted molar refractivity (Wildman–Crippen MR) is 133 cm³/mol. The predicted octanol–water partition coefficient (Wildman–Crippen LogP) is 5.59. The monoisotopic (exact) mass is 484 g/mol. The lowest BCUT2D eigenvalue weighted by Crippen LogP contribution is -2.34. The number of aromatic nitrogens is 2. The molecule has 0 aliphatic rings. The van der Waals surface area contributed by atoms with Crippen molar-refractivity contribution in [3.05, 3.63) is 105 Å². The van der Waals surface area contributed by atoms with Gasteiger partial charge in [-0.25, -0.2) is 4.98 Å². The number of nitrogens with one attached hydrogen (secondary N) is 1. The van der Waals surface area contributed by atoms with Crippen LogP contribution >= 0.6 is 0 Å². The first-order valence-corrected chi connectivity index (χ1v) is 11.1. The summed E-state index contributed by atoms with van der Waals surface area (Å²) >= 11 is 0. The molecule has 0 aliphatic carbocycles. The fourth-order valence-corrected chi connectivity index (χ4v) is 4.26. The minimum absolute atomic E-state index is 0.139. The van der Waals surface area contributed by atoms with Crippen molar-refractivity contribution in [1.29, 1.82) is 5.26 Å². The molecule has 0 saturated heterocycles. The molecule has 0 fully saturated rings. The number of hydrogen-bond donors (Lipinski definition) is 1. The van der Waals surface area contributed by atoms with E-state index in [0.29, 0.717) is 22.2 Å². The number of fused-ring (bicyclic) bond motifs is 3. The van der Waals surface area contributed by atoms with E-state index >= 15 is 0 Å². The average molecular weight is 484 g/mol. The number of alkyl halides is 3. The first-order valence-electron chi connectivity index (χ1n) is 11.1. The molecule has 2 aromatic heterocycles. The Labute approximate surface area is 203 Å².